The summed E-state index contributed by atoms with van der Waals surface area (Å²) in [6, 6.07) is 0. The molecule has 13 heavy (non-hydrogen) atoms. The van der Waals surface area contributed by atoms with E-state index >= 15 is 0 Å². The Labute approximate surface area is 75.4 Å². The minimum Gasteiger partial charge on any atom is -0.273 e. The van der Waals surface area contributed by atoms with Crippen LogP contribution in [0.3, 0.4) is 0 Å². The lowest BCUT2D eigenvalue weighted by Crippen LogP contribution is -2.25. The molecule has 0 spiro atoms. The number of carbonyl (C=O) groups is 2. The molecule has 2 atom stereocenters. The second-order valence-electron chi connectivity index (χ2n) is 3.27. The number of rotatable bonds is 0. The largest absolute Gasteiger partial charge is 0.273 e. The minimum absolute atomic E-state index is 0.280. The van der Waals surface area contributed by atoms with Crippen LogP contribution < -0.4 is 0 Å². The Bertz CT molecular complexity index is 314. The van der Waals surface area contributed by atoms with Crippen molar-refractivity contribution in [3.05, 3.63) is 12.2 Å². The zero-order valence-electron chi connectivity index (χ0n) is 6.93. The Balaban J connectivity index is 2.34. The SMILES string of the molecule is N#CN1C(=O)C2CC=CCC2C1=O. The van der Waals surface area contributed by atoms with Crippen molar-refractivity contribution in [1.29, 1.82) is 5.26 Å². The maximum atomic E-state index is 11.4. The smallest absolute Gasteiger partial charge is 0.246 e. The monoisotopic (exact) mass is 176 g/mol. The van der Waals surface area contributed by atoms with Gasteiger partial charge in [0.25, 0.3) is 0 Å². The first-order chi connectivity index (χ1) is 6.25. The van der Waals surface area contributed by atoms with E-state index in [2.05, 4.69) is 0 Å². The quantitative estimate of drug-likeness (QED) is 0.305. The highest BCUT2D eigenvalue weighted by molar-refractivity contribution is 6.06. The van der Waals surface area contributed by atoms with E-state index < -0.39 is 0 Å². The zero-order valence-corrected chi connectivity index (χ0v) is 6.93. The number of carbonyl (C=O) groups excluding carboxylic acids is 2. The Morgan fingerprint density at radius 2 is 1.69 bits per heavy atom. The Hall–Kier alpha value is -1.63. The fourth-order valence-electron chi connectivity index (χ4n) is 1.90. The molecule has 1 aliphatic carbocycles. The molecule has 0 aromatic carbocycles. The molecule has 0 N–H and O–H groups in total. The van der Waals surface area contributed by atoms with Crippen molar-refractivity contribution >= 4 is 11.8 Å². The van der Waals surface area contributed by atoms with Crippen molar-refractivity contribution in [2.75, 3.05) is 0 Å². The van der Waals surface area contributed by atoms with Crippen molar-refractivity contribution in [3.8, 4) is 6.19 Å². The van der Waals surface area contributed by atoms with Gasteiger partial charge in [0.05, 0.1) is 11.8 Å². The summed E-state index contributed by atoms with van der Waals surface area (Å²) in [4.78, 5) is 23.6. The van der Waals surface area contributed by atoms with Crippen LogP contribution in [0.25, 0.3) is 0 Å². The number of likely N-dealkylation sites (tertiary alicyclic amines) is 1. The first-order valence-corrected chi connectivity index (χ1v) is 4.18. The lowest BCUT2D eigenvalue weighted by atomic mass is 9.85. The summed E-state index contributed by atoms with van der Waals surface area (Å²) >= 11 is 0. The first-order valence-electron chi connectivity index (χ1n) is 4.18. The second-order valence-corrected chi connectivity index (χ2v) is 3.27. The van der Waals surface area contributed by atoms with E-state index in [1.807, 2.05) is 12.2 Å². The van der Waals surface area contributed by atoms with Crippen LogP contribution in [0.5, 0.6) is 0 Å². The molecule has 1 aliphatic heterocycles. The van der Waals surface area contributed by atoms with Gasteiger partial charge in [-0.15, -0.1) is 0 Å². The van der Waals surface area contributed by atoms with Crippen molar-refractivity contribution in [2.45, 2.75) is 12.8 Å². The topological polar surface area (TPSA) is 61.2 Å². The summed E-state index contributed by atoms with van der Waals surface area (Å²) in [6.45, 7) is 0. The molecule has 1 fully saturated rings. The average Bonchev–Trinajstić information content (AvgIpc) is 2.41. The summed E-state index contributed by atoms with van der Waals surface area (Å²) in [6.07, 6.45) is 6.60. The van der Waals surface area contributed by atoms with Crippen LogP contribution in [0.4, 0.5) is 0 Å². The number of hydrogen-bond donors (Lipinski definition) is 0. The number of nitriles is 1. The summed E-state index contributed by atoms with van der Waals surface area (Å²) in [5.74, 6) is -1.22. The third-order valence-corrected chi connectivity index (χ3v) is 2.61. The molecule has 4 heteroatoms. The van der Waals surface area contributed by atoms with Crippen LogP contribution in [-0.4, -0.2) is 16.7 Å². The van der Waals surface area contributed by atoms with Crippen LogP contribution >= 0.6 is 0 Å². The third kappa shape index (κ3) is 0.970. The van der Waals surface area contributed by atoms with Crippen molar-refractivity contribution in [2.24, 2.45) is 11.8 Å². The summed E-state index contributed by atoms with van der Waals surface area (Å²) in [5.41, 5.74) is 0. The Morgan fingerprint density at radius 1 is 1.23 bits per heavy atom. The number of allylic oxidation sites excluding steroid dienone is 2. The van der Waals surface area contributed by atoms with E-state index in [1.165, 1.54) is 0 Å². The molecule has 0 aromatic rings. The third-order valence-electron chi connectivity index (χ3n) is 2.61. The number of fused-ring (bicyclic) bond motifs is 1. The molecule has 0 radical (unpaired) electrons. The second kappa shape index (κ2) is 2.70. The Morgan fingerprint density at radius 3 is 2.08 bits per heavy atom. The highest BCUT2D eigenvalue weighted by atomic mass is 16.2. The summed E-state index contributed by atoms with van der Waals surface area (Å²) in [5, 5.41) is 8.57. The van der Waals surface area contributed by atoms with Crippen LogP contribution in [0.15, 0.2) is 12.2 Å². The highest BCUT2D eigenvalue weighted by Crippen LogP contribution is 2.34. The lowest BCUT2D eigenvalue weighted by molar-refractivity contribution is -0.135. The first kappa shape index (κ1) is 7.99. The van der Waals surface area contributed by atoms with Crippen LogP contribution in [0.2, 0.25) is 0 Å². The zero-order chi connectivity index (χ0) is 9.42. The van der Waals surface area contributed by atoms with Crippen molar-refractivity contribution in [1.82, 2.24) is 4.90 Å². The normalized spacial score (nSPS) is 31.8. The molecule has 4 nitrogen and oxygen atoms in total. The number of imide groups is 1. The van der Waals surface area contributed by atoms with E-state index in [0.717, 1.165) is 0 Å². The van der Waals surface area contributed by atoms with Gasteiger partial charge in [0.1, 0.15) is 0 Å². The van der Waals surface area contributed by atoms with E-state index in [-0.39, 0.29) is 23.7 Å². The van der Waals surface area contributed by atoms with Gasteiger partial charge in [-0.3, -0.25) is 9.59 Å². The molecule has 2 rings (SSSR count). The maximum absolute atomic E-state index is 11.4. The molecule has 0 saturated carbocycles. The van der Waals surface area contributed by atoms with Gasteiger partial charge in [-0.2, -0.15) is 10.2 Å². The molecule has 0 bridgehead atoms. The van der Waals surface area contributed by atoms with Gasteiger partial charge in [0.2, 0.25) is 11.8 Å². The maximum Gasteiger partial charge on any atom is 0.246 e. The molecular formula is C9H8N2O2. The lowest BCUT2D eigenvalue weighted by Gasteiger charge is -2.14. The van der Waals surface area contributed by atoms with E-state index in [9.17, 15) is 9.59 Å². The standard InChI is InChI=1S/C9H8N2O2/c10-5-11-8(12)6-3-1-2-4-7(6)9(11)13/h1-2,6-7H,3-4H2. The van der Waals surface area contributed by atoms with E-state index in [4.69, 9.17) is 5.26 Å². The molecule has 2 unspecified atom stereocenters. The van der Waals surface area contributed by atoms with Crippen molar-refractivity contribution < 1.29 is 9.59 Å². The average molecular weight is 176 g/mol. The molecule has 1 heterocycles. The fraction of sp³-hybridized carbons (Fsp3) is 0.444. The van der Waals surface area contributed by atoms with Crippen LogP contribution in [0.1, 0.15) is 12.8 Å². The van der Waals surface area contributed by atoms with Gasteiger partial charge in [0, 0.05) is 0 Å². The van der Waals surface area contributed by atoms with E-state index in [0.29, 0.717) is 17.7 Å². The molecular weight excluding hydrogens is 168 g/mol. The molecule has 2 amide bonds. The van der Waals surface area contributed by atoms with Crippen LogP contribution in [-0.2, 0) is 9.59 Å². The van der Waals surface area contributed by atoms with Gasteiger partial charge >= 0.3 is 0 Å². The number of nitrogens with zero attached hydrogens (tertiary/aromatic N) is 2. The van der Waals surface area contributed by atoms with Crippen molar-refractivity contribution in [3.63, 3.8) is 0 Å². The highest BCUT2D eigenvalue weighted by Gasteiger charge is 2.47. The number of amides is 2. The Kier molecular flexibility index (Phi) is 1.66. The van der Waals surface area contributed by atoms with Gasteiger partial charge in [-0.1, -0.05) is 12.2 Å². The van der Waals surface area contributed by atoms with E-state index in [1.54, 1.807) is 6.19 Å². The molecule has 0 aromatic heterocycles. The summed E-state index contributed by atoms with van der Waals surface area (Å²) < 4.78 is 0. The van der Waals surface area contributed by atoms with Gasteiger partial charge in [-0.05, 0) is 12.8 Å². The predicted molar refractivity (Wildman–Crippen MR) is 42.8 cm³/mol. The minimum atomic E-state index is -0.332. The predicted octanol–water partition coefficient (Wildman–Crippen LogP) is 0.419. The molecule has 1 saturated heterocycles. The molecule has 66 valence electrons. The number of hydrogen-bond acceptors (Lipinski definition) is 3. The van der Waals surface area contributed by atoms with Gasteiger partial charge in [-0.25, -0.2) is 0 Å². The fourth-order valence-corrected chi connectivity index (χ4v) is 1.90. The van der Waals surface area contributed by atoms with Gasteiger partial charge in [0.15, 0.2) is 6.19 Å². The summed E-state index contributed by atoms with van der Waals surface area (Å²) in [7, 11) is 0. The van der Waals surface area contributed by atoms with Crippen LogP contribution in [0, 0.1) is 23.3 Å². The van der Waals surface area contributed by atoms with Gasteiger partial charge < -0.3 is 0 Å². The molecule has 2 aliphatic rings.